The molecule has 0 unspecified atom stereocenters. The van der Waals surface area contributed by atoms with Crippen LogP contribution in [0.4, 0.5) is 0 Å². The van der Waals surface area contributed by atoms with Crippen molar-refractivity contribution in [3.8, 4) is 11.5 Å². The molecule has 1 aromatic rings. The van der Waals surface area contributed by atoms with Crippen molar-refractivity contribution >= 4 is 11.6 Å². The Labute approximate surface area is 102 Å². The zero-order valence-corrected chi connectivity index (χ0v) is 10.7. The maximum absolute atomic E-state index is 9.67. The lowest BCUT2D eigenvalue weighted by atomic mass is 10.2. The van der Waals surface area contributed by atoms with Gasteiger partial charge in [0.25, 0.3) is 0 Å². The molecule has 0 amide bonds. The van der Waals surface area contributed by atoms with Crippen molar-refractivity contribution in [2.45, 2.75) is 39.5 Å². The Hall–Kier alpha value is -0.890. The van der Waals surface area contributed by atoms with Crippen LogP contribution in [-0.2, 0) is 0 Å². The lowest BCUT2D eigenvalue weighted by Crippen LogP contribution is -1.98. The quantitative estimate of drug-likeness (QED) is 0.753. The van der Waals surface area contributed by atoms with E-state index in [4.69, 9.17) is 16.3 Å². The first-order valence-electron chi connectivity index (χ1n) is 5.77. The summed E-state index contributed by atoms with van der Waals surface area (Å²) in [5.41, 5.74) is 0.931. The molecule has 0 bridgehead atoms. The fourth-order valence-corrected chi connectivity index (χ4v) is 1.88. The Morgan fingerprint density at radius 1 is 1.25 bits per heavy atom. The number of halogens is 1. The van der Waals surface area contributed by atoms with Gasteiger partial charge in [-0.1, -0.05) is 37.8 Å². The number of ether oxygens (including phenoxy) is 1. The van der Waals surface area contributed by atoms with Crippen molar-refractivity contribution in [1.82, 2.24) is 0 Å². The first-order valence-corrected chi connectivity index (χ1v) is 6.15. The topological polar surface area (TPSA) is 29.5 Å². The molecule has 0 aliphatic heterocycles. The van der Waals surface area contributed by atoms with Gasteiger partial charge in [-0.05, 0) is 31.0 Å². The second-order valence-corrected chi connectivity index (χ2v) is 4.41. The van der Waals surface area contributed by atoms with Crippen LogP contribution in [0.5, 0.6) is 11.5 Å². The van der Waals surface area contributed by atoms with E-state index in [1.807, 2.05) is 6.92 Å². The van der Waals surface area contributed by atoms with Gasteiger partial charge in [-0.25, -0.2) is 0 Å². The molecule has 90 valence electrons. The highest BCUT2D eigenvalue weighted by Crippen LogP contribution is 2.35. The number of benzene rings is 1. The first kappa shape index (κ1) is 13.2. The predicted octanol–water partition coefficient (Wildman–Crippen LogP) is 4.31. The van der Waals surface area contributed by atoms with Crippen molar-refractivity contribution < 1.29 is 9.84 Å². The molecule has 1 N–H and O–H groups in total. The van der Waals surface area contributed by atoms with Crippen LogP contribution >= 0.6 is 11.6 Å². The van der Waals surface area contributed by atoms with Gasteiger partial charge < -0.3 is 9.84 Å². The van der Waals surface area contributed by atoms with Crippen LogP contribution in [0.15, 0.2) is 12.1 Å². The summed E-state index contributed by atoms with van der Waals surface area (Å²) in [6, 6.07) is 3.45. The Kier molecular flexibility index (Phi) is 5.47. The summed E-state index contributed by atoms with van der Waals surface area (Å²) in [5, 5.41) is 10.1. The zero-order valence-electron chi connectivity index (χ0n) is 9.92. The number of rotatable bonds is 6. The number of phenols is 1. The highest BCUT2D eigenvalue weighted by Gasteiger charge is 2.08. The Morgan fingerprint density at radius 3 is 2.62 bits per heavy atom. The molecule has 0 spiro atoms. The second kappa shape index (κ2) is 6.64. The van der Waals surface area contributed by atoms with Crippen LogP contribution in [0.25, 0.3) is 0 Å². The molecule has 1 aromatic carbocycles. The molecule has 3 heteroatoms. The lowest BCUT2D eigenvalue weighted by molar-refractivity contribution is 0.289. The van der Waals surface area contributed by atoms with Crippen LogP contribution in [0.3, 0.4) is 0 Å². The van der Waals surface area contributed by atoms with E-state index in [-0.39, 0.29) is 5.75 Å². The third-order valence-corrected chi connectivity index (χ3v) is 2.69. The number of aromatic hydroxyl groups is 1. The largest absolute Gasteiger partial charge is 0.504 e. The van der Waals surface area contributed by atoms with Gasteiger partial charge in [-0.2, -0.15) is 0 Å². The molecule has 1 rings (SSSR count). The van der Waals surface area contributed by atoms with E-state index in [1.165, 1.54) is 12.8 Å². The minimum Gasteiger partial charge on any atom is -0.504 e. The van der Waals surface area contributed by atoms with Crippen LogP contribution < -0.4 is 4.74 Å². The molecule has 0 heterocycles. The van der Waals surface area contributed by atoms with Crippen molar-refractivity contribution in [3.63, 3.8) is 0 Å². The van der Waals surface area contributed by atoms with Crippen molar-refractivity contribution in [1.29, 1.82) is 0 Å². The van der Waals surface area contributed by atoms with Crippen molar-refractivity contribution in [3.05, 3.63) is 22.7 Å². The van der Waals surface area contributed by atoms with Crippen molar-refractivity contribution in [2.24, 2.45) is 0 Å². The van der Waals surface area contributed by atoms with Crippen LogP contribution in [-0.4, -0.2) is 11.7 Å². The molecule has 2 nitrogen and oxygen atoms in total. The minimum absolute atomic E-state index is 0.125. The van der Waals surface area contributed by atoms with E-state index in [9.17, 15) is 5.11 Å². The zero-order chi connectivity index (χ0) is 12.0. The van der Waals surface area contributed by atoms with Gasteiger partial charge in [0, 0.05) is 0 Å². The van der Waals surface area contributed by atoms with E-state index in [0.29, 0.717) is 17.4 Å². The first-order chi connectivity index (χ1) is 7.65. The Balaban J connectivity index is 2.47. The van der Waals surface area contributed by atoms with Gasteiger partial charge in [0.1, 0.15) is 0 Å². The summed E-state index contributed by atoms with van der Waals surface area (Å²) < 4.78 is 5.49. The summed E-state index contributed by atoms with van der Waals surface area (Å²) in [6.45, 7) is 4.66. The van der Waals surface area contributed by atoms with Crippen LogP contribution in [0.2, 0.25) is 5.02 Å². The van der Waals surface area contributed by atoms with Crippen LogP contribution in [0, 0.1) is 6.92 Å². The average molecular weight is 243 g/mol. The van der Waals surface area contributed by atoms with E-state index in [0.717, 1.165) is 18.4 Å². The smallest absolute Gasteiger partial charge is 0.179 e. The fraction of sp³-hybridized carbons (Fsp3) is 0.538. The number of phenolic OH excluding ortho intramolecular Hbond substituents is 1. The third-order valence-electron chi connectivity index (χ3n) is 2.41. The highest BCUT2D eigenvalue weighted by molar-refractivity contribution is 6.32. The molecule has 0 atom stereocenters. The molecule has 0 aromatic heterocycles. The third kappa shape index (κ3) is 3.93. The number of hydrogen-bond donors (Lipinski definition) is 1. The van der Waals surface area contributed by atoms with Gasteiger partial charge in [-0.3, -0.25) is 0 Å². The molecule has 0 saturated heterocycles. The van der Waals surface area contributed by atoms with E-state index >= 15 is 0 Å². The molecular formula is C13H19ClO2. The van der Waals surface area contributed by atoms with Gasteiger partial charge in [0.2, 0.25) is 0 Å². The summed E-state index contributed by atoms with van der Waals surface area (Å²) >= 11 is 5.99. The summed E-state index contributed by atoms with van der Waals surface area (Å²) in [4.78, 5) is 0. The molecule has 0 aliphatic rings. The number of aryl methyl sites for hydroxylation is 1. The molecule has 0 saturated carbocycles. The molecule has 0 radical (unpaired) electrons. The van der Waals surface area contributed by atoms with E-state index in [2.05, 4.69) is 6.92 Å². The standard InChI is InChI=1S/C13H19ClO2/c1-3-4-5-6-7-16-13-11(14)8-10(2)9-12(13)15/h8-9,15H,3-7H2,1-2H3. The van der Waals surface area contributed by atoms with Gasteiger partial charge >= 0.3 is 0 Å². The SMILES string of the molecule is CCCCCCOc1c(O)cc(C)cc1Cl. The molecular weight excluding hydrogens is 224 g/mol. The Morgan fingerprint density at radius 2 is 2.00 bits per heavy atom. The van der Waals surface area contributed by atoms with Crippen molar-refractivity contribution in [2.75, 3.05) is 6.61 Å². The number of unbranched alkanes of at least 4 members (excludes halogenated alkanes) is 3. The fourth-order valence-electron chi connectivity index (χ4n) is 1.56. The summed E-state index contributed by atoms with van der Waals surface area (Å²) in [5.74, 6) is 0.532. The lowest BCUT2D eigenvalue weighted by Gasteiger charge is -2.10. The number of hydrogen-bond acceptors (Lipinski definition) is 2. The molecule has 16 heavy (non-hydrogen) atoms. The summed E-state index contributed by atoms with van der Waals surface area (Å²) in [6.07, 6.45) is 4.58. The Bertz CT molecular complexity index is 314. The highest BCUT2D eigenvalue weighted by atomic mass is 35.5. The van der Waals surface area contributed by atoms with Gasteiger partial charge in [0.15, 0.2) is 11.5 Å². The van der Waals surface area contributed by atoms with E-state index in [1.54, 1.807) is 12.1 Å². The average Bonchev–Trinajstić information content (AvgIpc) is 2.20. The monoisotopic (exact) mass is 242 g/mol. The van der Waals surface area contributed by atoms with E-state index < -0.39 is 0 Å². The maximum atomic E-state index is 9.67. The summed E-state index contributed by atoms with van der Waals surface area (Å²) in [7, 11) is 0. The van der Waals surface area contributed by atoms with Crippen LogP contribution in [0.1, 0.15) is 38.2 Å². The maximum Gasteiger partial charge on any atom is 0.179 e. The minimum atomic E-state index is 0.125. The molecule has 0 fully saturated rings. The predicted molar refractivity (Wildman–Crippen MR) is 67.5 cm³/mol. The van der Waals surface area contributed by atoms with Gasteiger partial charge in [-0.15, -0.1) is 0 Å². The normalized spacial score (nSPS) is 10.4. The van der Waals surface area contributed by atoms with Gasteiger partial charge in [0.05, 0.1) is 11.6 Å². The molecule has 0 aliphatic carbocycles. The second-order valence-electron chi connectivity index (χ2n) is 4.00.